The Labute approximate surface area is 99.0 Å². The molecule has 2 aliphatic heterocycles. The maximum atomic E-state index is 5.90. The summed E-state index contributed by atoms with van der Waals surface area (Å²) in [6.07, 6.45) is 2.59. The van der Waals surface area contributed by atoms with E-state index in [0.29, 0.717) is 12.0 Å². The molecule has 2 aliphatic rings. The molecule has 3 unspecified atom stereocenters. The van der Waals surface area contributed by atoms with Crippen molar-refractivity contribution in [3.8, 4) is 0 Å². The van der Waals surface area contributed by atoms with Crippen LogP contribution in [0, 0.1) is 5.92 Å². The third-order valence-electron chi connectivity index (χ3n) is 3.57. The molecule has 0 aromatic carbocycles. The van der Waals surface area contributed by atoms with Gasteiger partial charge in [-0.05, 0) is 40.3 Å². The van der Waals surface area contributed by atoms with Gasteiger partial charge in [-0.1, -0.05) is 0 Å². The minimum atomic E-state index is -0.0753. The van der Waals surface area contributed by atoms with Gasteiger partial charge < -0.3 is 9.64 Å². The van der Waals surface area contributed by atoms with Gasteiger partial charge in [0.25, 0.3) is 0 Å². The van der Waals surface area contributed by atoms with Gasteiger partial charge in [-0.15, -0.1) is 12.4 Å². The predicted octanol–water partition coefficient (Wildman–Crippen LogP) is 1.47. The van der Waals surface area contributed by atoms with Crippen molar-refractivity contribution in [2.75, 3.05) is 26.7 Å². The summed E-state index contributed by atoms with van der Waals surface area (Å²) in [5, 5.41) is 3.57. The second-order valence-electron chi connectivity index (χ2n) is 5.06. The van der Waals surface area contributed by atoms with E-state index in [-0.39, 0.29) is 18.1 Å². The summed E-state index contributed by atoms with van der Waals surface area (Å²) < 4.78 is 5.90. The topological polar surface area (TPSA) is 24.5 Å². The van der Waals surface area contributed by atoms with E-state index in [9.17, 15) is 0 Å². The Hall–Kier alpha value is 0.170. The molecule has 0 saturated carbocycles. The summed E-state index contributed by atoms with van der Waals surface area (Å²) in [5.74, 6) is 0.645. The second-order valence-corrected chi connectivity index (χ2v) is 5.06. The largest absolute Gasteiger partial charge is 0.359 e. The van der Waals surface area contributed by atoms with Crippen LogP contribution in [-0.2, 0) is 4.74 Å². The lowest BCUT2D eigenvalue weighted by Crippen LogP contribution is -2.52. The Bertz CT molecular complexity index is 215. The zero-order valence-electron chi connectivity index (χ0n) is 9.95. The maximum Gasteiger partial charge on any atom is 0.120 e. The quantitative estimate of drug-likeness (QED) is 0.744. The smallest absolute Gasteiger partial charge is 0.120 e. The lowest BCUT2D eigenvalue weighted by atomic mass is 9.89. The van der Waals surface area contributed by atoms with Gasteiger partial charge in [-0.2, -0.15) is 0 Å². The normalized spacial score (nSPS) is 42.6. The van der Waals surface area contributed by atoms with Crippen LogP contribution in [0.2, 0.25) is 0 Å². The molecule has 4 heteroatoms. The van der Waals surface area contributed by atoms with Crippen molar-refractivity contribution in [3.63, 3.8) is 0 Å². The molecule has 2 rings (SSSR count). The molecule has 0 aliphatic carbocycles. The van der Waals surface area contributed by atoms with E-state index in [1.807, 2.05) is 0 Å². The Morgan fingerprint density at radius 1 is 1.47 bits per heavy atom. The van der Waals surface area contributed by atoms with E-state index < -0.39 is 0 Å². The van der Waals surface area contributed by atoms with Gasteiger partial charge in [0.05, 0.1) is 6.61 Å². The van der Waals surface area contributed by atoms with Crippen molar-refractivity contribution >= 4 is 12.4 Å². The molecule has 0 bridgehead atoms. The highest BCUT2D eigenvalue weighted by atomic mass is 35.5. The SMILES string of the molecule is CC1COC(C)(C2CCCN(C)C2)N1.Cl. The molecule has 2 fully saturated rings. The number of nitrogens with one attached hydrogen (secondary N) is 1. The van der Waals surface area contributed by atoms with E-state index in [2.05, 4.69) is 31.1 Å². The second kappa shape index (κ2) is 5.00. The summed E-state index contributed by atoms with van der Waals surface area (Å²) in [4.78, 5) is 2.41. The monoisotopic (exact) mass is 234 g/mol. The Morgan fingerprint density at radius 3 is 2.73 bits per heavy atom. The molecule has 15 heavy (non-hydrogen) atoms. The fourth-order valence-corrected chi connectivity index (χ4v) is 2.72. The van der Waals surface area contributed by atoms with Crippen LogP contribution in [0.3, 0.4) is 0 Å². The van der Waals surface area contributed by atoms with Crippen LogP contribution < -0.4 is 5.32 Å². The first-order valence-electron chi connectivity index (χ1n) is 5.70. The number of nitrogens with zero attached hydrogens (tertiary/aromatic N) is 1. The summed E-state index contributed by atoms with van der Waals surface area (Å²) in [5.41, 5.74) is -0.0753. The van der Waals surface area contributed by atoms with Crippen LogP contribution in [0.1, 0.15) is 26.7 Å². The van der Waals surface area contributed by atoms with Crippen LogP contribution in [0.25, 0.3) is 0 Å². The third kappa shape index (κ3) is 2.84. The first-order chi connectivity index (χ1) is 6.60. The molecular formula is C11H23ClN2O. The molecular weight excluding hydrogens is 212 g/mol. The van der Waals surface area contributed by atoms with Gasteiger partial charge in [0.1, 0.15) is 5.72 Å². The van der Waals surface area contributed by atoms with Gasteiger partial charge in [0.2, 0.25) is 0 Å². The van der Waals surface area contributed by atoms with Gasteiger partial charge in [-0.3, -0.25) is 5.32 Å². The molecule has 2 saturated heterocycles. The molecule has 3 nitrogen and oxygen atoms in total. The Balaban J connectivity index is 0.00000112. The standard InChI is InChI=1S/C11H22N2O.ClH/c1-9-8-14-11(2,12-9)10-5-4-6-13(3)7-10;/h9-10,12H,4-8H2,1-3H3;1H. The van der Waals surface area contributed by atoms with Gasteiger partial charge in [0, 0.05) is 18.5 Å². The van der Waals surface area contributed by atoms with E-state index in [4.69, 9.17) is 4.74 Å². The molecule has 1 N–H and O–H groups in total. The highest BCUT2D eigenvalue weighted by Crippen LogP contribution is 2.31. The van der Waals surface area contributed by atoms with Gasteiger partial charge >= 0.3 is 0 Å². The zero-order chi connectivity index (χ0) is 10.2. The highest BCUT2D eigenvalue weighted by Gasteiger charge is 2.41. The number of halogens is 1. The molecule has 2 heterocycles. The van der Waals surface area contributed by atoms with E-state index in [0.717, 1.165) is 13.2 Å². The average Bonchev–Trinajstić information content (AvgIpc) is 2.48. The third-order valence-corrected chi connectivity index (χ3v) is 3.57. The van der Waals surface area contributed by atoms with Crippen LogP contribution in [0.4, 0.5) is 0 Å². The van der Waals surface area contributed by atoms with Crippen LogP contribution in [0.5, 0.6) is 0 Å². The van der Waals surface area contributed by atoms with Gasteiger partial charge in [0.15, 0.2) is 0 Å². The van der Waals surface area contributed by atoms with Crippen molar-refractivity contribution in [1.82, 2.24) is 10.2 Å². The average molecular weight is 235 g/mol. The lowest BCUT2D eigenvalue weighted by molar-refractivity contribution is -0.0631. The number of ether oxygens (including phenoxy) is 1. The molecule has 90 valence electrons. The zero-order valence-corrected chi connectivity index (χ0v) is 10.8. The predicted molar refractivity (Wildman–Crippen MR) is 64.4 cm³/mol. The first-order valence-corrected chi connectivity index (χ1v) is 5.70. The van der Waals surface area contributed by atoms with Crippen molar-refractivity contribution in [1.29, 1.82) is 0 Å². The van der Waals surface area contributed by atoms with Crippen LogP contribution in [0.15, 0.2) is 0 Å². The number of hydrogen-bond acceptors (Lipinski definition) is 3. The lowest BCUT2D eigenvalue weighted by Gasteiger charge is -2.39. The highest BCUT2D eigenvalue weighted by molar-refractivity contribution is 5.85. The summed E-state index contributed by atoms with van der Waals surface area (Å²) in [7, 11) is 2.20. The maximum absolute atomic E-state index is 5.90. The fourth-order valence-electron chi connectivity index (χ4n) is 2.72. The van der Waals surface area contributed by atoms with Crippen LogP contribution in [-0.4, -0.2) is 43.4 Å². The van der Waals surface area contributed by atoms with E-state index in [1.54, 1.807) is 0 Å². The van der Waals surface area contributed by atoms with Crippen molar-refractivity contribution in [2.24, 2.45) is 5.92 Å². The summed E-state index contributed by atoms with van der Waals surface area (Å²) >= 11 is 0. The Kier molecular flexibility index (Phi) is 4.41. The molecule has 0 radical (unpaired) electrons. The fraction of sp³-hybridized carbons (Fsp3) is 1.00. The first kappa shape index (κ1) is 13.2. The van der Waals surface area contributed by atoms with Crippen molar-refractivity contribution < 1.29 is 4.74 Å². The number of likely N-dealkylation sites (tertiary alicyclic amines) is 1. The number of hydrogen-bond donors (Lipinski definition) is 1. The van der Waals surface area contributed by atoms with E-state index in [1.165, 1.54) is 19.4 Å². The molecule has 0 spiro atoms. The minimum Gasteiger partial charge on any atom is -0.359 e. The summed E-state index contributed by atoms with van der Waals surface area (Å²) in [6, 6.07) is 0.507. The molecule has 0 amide bonds. The Morgan fingerprint density at radius 2 is 2.20 bits per heavy atom. The molecule has 3 atom stereocenters. The van der Waals surface area contributed by atoms with Crippen LogP contribution >= 0.6 is 12.4 Å². The molecule has 0 aromatic rings. The van der Waals surface area contributed by atoms with Crippen molar-refractivity contribution in [2.45, 2.75) is 38.5 Å². The minimum absolute atomic E-state index is 0. The molecule has 0 aromatic heterocycles. The number of rotatable bonds is 1. The summed E-state index contributed by atoms with van der Waals surface area (Å²) in [6.45, 7) is 7.66. The van der Waals surface area contributed by atoms with E-state index >= 15 is 0 Å². The van der Waals surface area contributed by atoms with Crippen molar-refractivity contribution in [3.05, 3.63) is 0 Å². The van der Waals surface area contributed by atoms with Gasteiger partial charge in [-0.25, -0.2) is 0 Å². The number of piperidine rings is 1.